The molecule has 1 rings (SSSR count). The average Bonchev–Trinajstić information content (AvgIpc) is 2.50. The van der Waals surface area contributed by atoms with E-state index >= 15 is 0 Å². The third-order valence-corrected chi connectivity index (χ3v) is 2.99. The molecule has 0 aliphatic carbocycles. The van der Waals surface area contributed by atoms with Gasteiger partial charge in [0.05, 0.1) is 18.7 Å². The Morgan fingerprint density at radius 1 is 1.00 bits per heavy atom. The number of nitrogens with one attached hydrogen (secondary N) is 1. The van der Waals surface area contributed by atoms with Crippen molar-refractivity contribution in [2.45, 2.75) is 44.4 Å². The number of carboxylic acids is 1. The summed E-state index contributed by atoms with van der Waals surface area (Å²) in [6.45, 7) is 2.06. The molecule has 8 N–H and O–H groups in total. The van der Waals surface area contributed by atoms with E-state index in [0.717, 1.165) is 6.42 Å². The molecule has 0 saturated heterocycles. The molecule has 29 heavy (non-hydrogen) atoms. The fourth-order valence-electron chi connectivity index (χ4n) is 1.96. The summed E-state index contributed by atoms with van der Waals surface area (Å²) in [4.78, 5) is 10.6. The minimum absolute atomic E-state index is 0.232. The molecule has 2 unspecified atom stereocenters. The first-order valence-electron chi connectivity index (χ1n) is 8.38. The van der Waals surface area contributed by atoms with Crippen molar-refractivity contribution >= 4 is 26.2 Å². The largest absolute Gasteiger partial charge is 0.480 e. The van der Waals surface area contributed by atoms with Crippen LogP contribution in [0.25, 0.3) is 0 Å². The van der Waals surface area contributed by atoms with E-state index in [0.29, 0.717) is 25.4 Å². The van der Waals surface area contributed by atoms with Crippen LogP contribution in [0.15, 0.2) is 30.3 Å². The highest BCUT2D eigenvalue weighted by molar-refractivity contribution is 7.85. The van der Waals surface area contributed by atoms with Crippen molar-refractivity contribution in [2.24, 2.45) is 11.5 Å². The van der Waals surface area contributed by atoms with Crippen molar-refractivity contribution in [3.63, 3.8) is 0 Å². The summed E-state index contributed by atoms with van der Waals surface area (Å²) in [5.74, 6) is -0.982. The Kier molecular flexibility index (Phi) is 14.7. The number of hydrogen-bond donors (Lipinski definition) is 6. The van der Waals surface area contributed by atoms with Crippen molar-refractivity contribution in [3.05, 3.63) is 35.9 Å². The molecule has 0 heterocycles. The van der Waals surface area contributed by atoms with E-state index in [1.807, 2.05) is 18.2 Å². The van der Waals surface area contributed by atoms with Crippen LogP contribution in [-0.2, 0) is 31.5 Å². The van der Waals surface area contributed by atoms with Gasteiger partial charge < -0.3 is 16.6 Å². The summed E-state index contributed by atoms with van der Waals surface area (Å²) >= 11 is 0. The molecule has 0 amide bonds. The van der Waals surface area contributed by atoms with Crippen LogP contribution in [0.4, 0.5) is 0 Å². The van der Waals surface area contributed by atoms with E-state index in [-0.39, 0.29) is 12.2 Å². The van der Waals surface area contributed by atoms with Crippen LogP contribution in [0, 0.1) is 0 Å². The first-order chi connectivity index (χ1) is 13.0. The zero-order chi connectivity index (χ0) is 23.3. The van der Waals surface area contributed by atoms with Crippen molar-refractivity contribution in [3.8, 4) is 0 Å². The molecule has 3 atom stereocenters. The number of carbonyl (C=O) groups is 1. The lowest BCUT2D eigenvalue weighted by atomic mass is 10.1. The Bertz CT molecular complexity index is 740. The summed E-state index contributed by atoms with van der Waals surface area (Å²) in [6, 6.07) is 9.55. The van der Waals surface area contributed by atoms with Crippen LogP contribution in [0.5, 0.6) is 0 Å². The van der Waals surface area contributed by atoms with Crippen LogP contribution in [0.1, 0.15) is 25.3 Å². The number of carboxylic acid groups (broad SMARTS) is 1. The fourth-order valence-corrected chi connectivity index (χ4v) is 1.96. The second kappa shape index (κ2) is 14.4. The molecule has 0 aliphatic rings. The van der Waals surface area contributed by atoms with Gasteiger partial charge >= 0.3 is 5.97 Å². The number of benzene rings is 1. The van der Waals surface area contributed by atoms with Crippen LogP contribution in [0.3, 0.4) is 0 Å². The highest BCUT2D eigenvalue weighted by Gasteiger charge is 2.14. The Hall–Kier alpha value is -1.61. The summed E-state index contributed by atoms with van der Waals surface area (Å²) in [6.07, 6.45) is 3.01. The molecule has 0 aromatic heterocycles. The molecule has 0 fully saturated rings. The maximum atomic E-state index is 10.6. The fraction of sp³-hybridized carbons (Fsp3) is 0.562. The minimum Gasteiger partial charge on any atom is -0.480 e. The maximum absolute atomic E-state index is 10.6. The molecular formula is C16H31N3O8S2. The second-order valence-corrected chi connectivity index (χ2v) is 9.28. The topological polar surface area (TPSA) is 210 Å². The van der Waals surface area contributed by atoms with Gasteiger partial charge in [0.1, 0.15) is 6.04 Å². The molecule has 0 bridgehead atoms. The normalized spacial score (nSPS) is 14.3. The lowest BCUT2D eigenvalue weighted by Gasteiger charge is -2.20. The zero-order valence-electron chi connectivity index (χ0n) is 16.6. The molecule has 0 spiro atoms. The third kappa shape index (κ3) is 28.7. The average molecular weight is 458 g/mol. The molecule has 0 saturated carbocycles. The number of aliphatic carboxylic acids is 1. The SMILES string of the molecule is CC(Cc1ccccc1)NC(N)CC[C@H](N)C(=O)O.CS(=O)(=O)O.CS(=O)(=O)O. The van der Waals surface area contributed by atoms with E-state index in [1.54, 1.807) is 0 Å². The first-order valence-corrected chi connectivity index (χ1v) is 12.1. The van der Waals surface area contributed by atoms with Gasteiger partial charge in [0.2, 0.25) is 0 Å². The van der Waals surface area contributed by atoms with Gasteiger partial charge in [0, 0.05) is 6.04 Å². The van der Waals surface area contributed by atoms with Crippen molar-refractivity contribution in [1.29, 1.82) is 0 Å². The van der Waals surface area contributed by atoms with E-state index < -0.39 is 32.2 Å². The highest BCUT2D eigenvalue weighted by atomic mass is 32.2. The molecule has 13 heteroatoms. The van der Waals surface area contributed by atoms with Gasteiger partial charge in [-0.15, -0.1) is 0 Å². The van der Waals surface area contributed by atoms with Crippen LogP contribution in [0.2, 0.25) is 0 Å². The summed E-state index contributed by atoms with van der Waals surface area (Å²) < 4.78 is 51.7. The maximum Gasteiger partial charge on any atom is 0.320 e. The summed E-state index contributed by atoms with van der Waals surface area (Å²) in [7, 11) is -7.33. The molecule has 1 aromatic rings. The predicted octanol–water partition coefficient (Wildman–Crippen LogP) is -0.308. The van der Waals surface area contributed by atoms with Gasteiger partial charge in [0.15, 0.2) is 0 Å². The lowest BCUT2D eigenvalue weighted by molar-refractivity contribution is -0.138. The molecule has 11 nitrogen and oxygen atoms in total. The van der Waals surface area contributed by atoms with E-state index in [4.69, 9.17) is 25.7 Å². The predicted molar refractivity (Wildman–Crippen MR) is 111 cm³/mol. The van der Waals surface area contributed by atoms with Crippen molar-refractivity contribution in [1.82, 2.24) is 5.32 Å². The molecule has 0 radical (unpaired) electrons. The zero-order valence-corrected chi connectivity index (χ0v) is 18.2. The smallest absolute Gasteiger partial charge is 0.320 e. The van der Waals surface area contributed by atoms with Crippen molar-refractivity contribution in [2.75, 3.05) is 12.5 Å². The molecule has 170 valence electrons. The molecule has 1 aromatic carbocycles. The van der Waals surface area contributed by atoms with Crippen LogP contribution in [-0.4, -0.2) is 67.8 Å². The van der Waals surface area contributed by atoms with Gasteiger partial charge in [-0.1, -0.05) is 30.3 Å². The highest BCUT2D eigenvalue weighted by Crippen LogP contribution is 2.04. The summed E-state index contributed by atoms with van der Waals surface area (Å²) in [5, 5.41) is 11.9. The van der Waals surface area contributed by atoms with Crippen LogP contribution < -0.4 is 16.8 Å². The minimum atomic E-state index is -3.67. The Balaban J connectivity index is 0. The Morgan fingerprint density at radius 3 is 1.79 bits per heavy atom. The van der Waals surface area contributed by atoms with E-state index in [9.17, 15) is 21.6 Å². The van der Waals surface area contributed by atoms with Gasteiger partial charge in [-0.05, 0) is 31.7 Å². The van der Waals surface area contributed by atoms with Gasteiger partial charge in [-0.2, -0.15) is 16.8 Å². The van der Waals surface area contributed by atoms with Gasteiger partial charge in [0.25, 0.3) is 20.2 Å². The monoisotopic (exact) mass is 457 g/mol. The lowest BCUT2D eigenvalue weighted by Crippen LogP contribution is -2.45. The van der Waals surface area contributed by atoms with Gasteiger partial charge in [-0.3, -0.25) is 19.2 Å². The molecular weight excluding hydrogens is 426 g/mol. The van der Waals surface area contributed by atoms with E-state index in [1.165, 1.54) is 5.56 Å². The molecule has 0 aliphatic heterocycles. The third-order valence-electron chi connectivity index (χ3n) is 2.99. The Labute approximate surface area is 172 Å². The van der Waals surface area contributed by atoms with Gasteiger partial charge in [-0.25, -0.2) is 0 Å². The quantitative estimate of drug-likeness (QED) is 0.220. The number of rotatable bonds is 8. The Morgan fingerprint density at radius 2 is 1.41 bits per heavy atom. The number of hydrogen-bond acceptors (Lipinski definition) is 8. The second-order valence-electron chi connectivity index (χ2n) is 6.35. The standard InChI is InChI=1S/C14H23N3O2.2CH4O3S/c1-10(9-11-5-3-2-4-6-11)17-13(16)8-7-12(15)14(18)19;2*1-5(2,3)4/h2-6,10,12-13,17H,7-9,15-16H2,1H3,(H,18,19);2*1H3,(H,2,3,4)/t10?,12-,13?;;/m0../s1. The van der Waals surface area contributed by atoms with Crippen LogP contribution >= 0.6 is 0 Å². The first kappa shape index (κ1) is 29.6. The number of nitrogens with two attached hydrogens (primary N) is 2. The van der Waals surface area contributed by atoms with E-state index in [2.05, 4.69) is 24.4 Å². The van der Waals surface area contributed by atoms with Crippen molar-refractivity contribution < 1.29 is 35.8 Å². The summed E-state index contributed by atoms with van der Waals surface area (Å²) in [5.41, 5.74) is 12.6.